The van der Waals surface area contributed by atoms with Gasteiger partial charge in [-0.05, 0) is 18.4 Å². The van der Waals surface area contributed by atoms with Crippen LogP contribution in [0.25, 0.3) is 0 Å². The van der Waals surface area contributed by atoms with Crippen molar-refractivity contribution in [3.63, 3.8) is 0 Å². The second-order valence-corrected chi connectivity index (χ2v) is 5.20. The summed E-state index contributed by atoms with van der Waals surface area (Å²) in [6.45, 7) is 0.803. The molecule has 1 aromatic heterocycles. The van der Waals surface area contributed by atoms with Crippen LogP contribution in [0.2, 0.25) is 0 Å². The Bertz CT molecular complexity index is 648. The molecule has 2 aromatic rings. The molecule has 1 aliphatic rings. The number of amides is 1. The fourth-order valence-electron chi connectivity index (χ4n) is 2.66. The molecule has 0 bridgehead atoms. The van der Waals surface area contributed by atoms with Crippen molar-refractivity contribution < 1.29 is 14.3 Å². The molecule has 0 spiro atoms. The van der Waals surface area contributed by atoms with Gasteiger partial charge in [0.2, 0.25) is 0 Å². The number of carbonyl (C=O) groups is 1. The highest BCUT2D eigenvalue weighted by atomic mass is 16.6. The predicted molar refractivity (Wildman–Crippen MR) is 78.5 cm³/mol. The van der Waals surface area contributed by atoms with Gasteiger partial charge in [0.1, 0.15) is 18.8 Å². The van der Waals surface area contributed by atoms with E-state index in [2.05, 4.69) is 4.98 Å². The van der Waals surface area contributed by atoms with Crippen LogP contribution in [0.1, 0.15) is 30.3 Å². The zero-order chi connectivity index (χ0) is 15.4. The fourth-order valence-corrected chi connectivity index (χ4v) is 2.66. The molecule has 114 valence electrons. The van der Waals surface area contributed by atoms with E-state index < -0.39 is 6.09 Å². The summed E-state index contributed by atoms with van der Waals surface area (Å²) in [7, 11) is 0. The van der Waals surface area contributed by atoms with Gasteiger partial charge in [-0.2, -0.15) is 0 Å². The van der Waals surface area contributed by atoms with Crippen LogP contribution in [0.5, 0.6) is 0 Å². The third kappa shape index (κ3) is 3.00. The molecule has 1 saturated heterocycles. The van der Waals surface area contributed by atoms with Gasteiger partial charge in [-0.25, -0.2) is 9.52 Å². The molecule has 1 aromatic carbocycles. The minimum atomic E-state index is -0.406. The quantitative estimate of drug-likeness (QED) is 0.643. The van der Waals surface area contributed by atoms with E-state index >= 15 is 0 Å². The molecule has 6 heteroatoms. The monoisotopic (exact) mass is 299 g/mol. The van der Waals surface area contributed by atoms with Gasteiger partial charge >= 0.3 is 11.9 Å². The van der Waals surface area contributed by atoms with Crippen molar-refractivity contribution in [2.75, 3.05) is 6.54 Å². The van der Waals surface area contributed by atoms with Gasteiger partial charge in [0.05, 0.1) is 6.20 Å². The van der Waals surface area contributed by atoms with E-state index in [9.17, 15) is 10.0 Å². The standard InChI is InChI=1S/C16H17N3O3/c20-16(22-12-13-6-2-1-3-7-13)18-10-4-8-14(18)15-17-9-5-11-19(15)21/h1-3,5-7,9,11,14H,4,8,10,12H2/t14-/m0/s1. The molecule has 0 saturated carbocycles. The maximum absolute atomic E-state index is 12.3. The normalized spacial score (nSPS) is 17.5. The molecule has 1 fully saturated rings. The van der Waals surface area contributed by atoms with Crippen LogP contribution >= 0.6 is 0 Å². The van der Waals surface area contributed by atoms with Crippen molar-refractivity contribution in [3.8, 4) is 0 Å². The van der Waals surface area contributed by atoms with E-state index in [1.54, 1.807) is 17.2 Å². The van der Waals surface area contributed by atoms with Gasteiger partial charge in [-0.1, -0.05) is 35.3 Å². The Morgan fingerprint density at radius 1 is 1.36 bits per heavy atom. The van der Waals surface area contributed by atoms with Crippen LogP contribution in [0, 0.1) is 5.21 Å². The topological polar surface area (TPSA) is 69.4 Å². The summed E-state index contributed by atoms with van der Waals surface area (Å²) in [5, 5.41) is 11.8. The van der Waals surface area contributed by atoms with E-state index in [1.807, 2.05) is 30.3 Å². The second kappa shape index (κ2) is 6.43. The Morgan fingerprint density at radius 2 is 2.18 bits per heavy atom. The molecule has 1 amide bonds. The van der Waals surface area contributed by atoms with E-state index in [0.29, 0.717) is 17.1 Å². The summed E-state index contributed by atoms with van der Waals surface area (Å²) in [5.74, 6) is 0.344. The molecule has 0 N–H and O–H groups in total. The number of benzene rings is 1. The molecule has 2 heterocycles. The van der Waals surface area contributed by atoms with Crippen LogP contribution in [0.15, 0.2) is 48.8 Å². The molecule has 22 heavy (non-hydrogen) atoms. The Balaban J connectivity index is 1.68. The first kappa shape index (κ1) is 14.3. The number of hydrogen-bond donors (Lipinski definition) is 0. The smallest absolute Gasteiger partial charge is 0.410 e. The molecule has 0 aliphatic carbocycles. The molecule has 3 rings (SSSR count). The molecule has 1 atom stereocenters. The Hall–Kier alpha value is -2.63. The van der Waals surface area contributed by atoms with Crippen molar-refractivity contribution in [2.24, 2.45) is 0 Å². The summed E-state index contributed by atoms with van der Waals surface area (Å²) in [4.78, 5) is 18.0. The maximum Gasteiger partial charge on any atom is 0.410 e. The lowest BCUT2D eigenvalue weighted by Gasteiger charge is -2.22. The van der Waals surface area contributed by atoms with Gasteiger partial charge in [-0.15, -0.1) is 0 Å². The molecular weight excluding hydrogens is 282 g/mol. The van der Waals surface area contributed by atoms with Gasteiger partial charge in [-0.3, -0.25) is 4.90 Å². The fraction of sp³-hybridized carbons (Fsp3) is 0.312. The largest absolute Gasteiger partial charge is 0.711 e. The highest BCUT2D eigenvalue weighted by Crippen LogP contribution is 2.29. The van der Waals surface area contributed by atoms with Crippen LogP contribution in [-0.2, 0) is 11.3 Å². The number of rotatable bonds is 3. The van der Waals surface area contributed by atoms with E-state index in [-0.39, 0.29) is 12.6 Å². The first-order valence-electron chi connectivity index (χ1n) is 7.27. The maximum atomic E-state index is 12.3. The molecule has 1 aliphatic heterocycles. The zero-order valence-corrected chi connectivity index (χ0v) is 12.1. The number of likely N-dealkylation sites (tertiary alicyclic amines) is 1. The number of nitrogens with zero attached hydrogens (tertiary/aromatic N) is 3. The summed E-state index contributed by atoms with van der Waals surface area (Å²) < 4.78 is 6.07. The Morgan fingerprint density at radius 3 is 2.95 bits per heavy atom. The highest BCUT2D eigenvalue weighted by Gasteiger charge is 2.37. The molecule has 0 unspecified atom stereocenters. The second-order valence-electron chi connectivity index (χ2n) is 5.20. The van der Waals surface area contributed by atoms with Crippen molar-refractivity contribution in [3.05, 3.63) is 65.4 Å². The third-order valence-corrected chi connectivity index (χ3v) is 3.73. The summed E-state index contributed by atoms with van der Waals surface area (Å²) in [5.41, 5.74) is 0.934. The summed E-state index contributed by atoms with van der Waals surface area (Å²) in [6, 6.07) is 10.8. The SMILES string of the molecule is O=C(OCc1ccccc1)N1CCC[C@H]1c1nccc[n+]1[O-]. The average molecular weight is 299 g/mol. The van der Waals surface area contributed by atoms with Gasteiger partial charge in [0.25, 0.3) is 0 Å². The molecule has 0 radical (unpaired) electrons. The highest BCUT2D eigenvalue weighted by molar-refractivity contribution is 5.68. The van der Waals surface area contributed by atoms with E-state index in [4.69, 9.17) is 4.74 Å². The lowest BCUT2D eigenvalue weighted by Crippen LogP contribution is -2.40. The van der Waals surface area contributed by atoms with Crippen molar-refractivity contribution in [2.45, 2.75) is 25.5 Å². The number of aromatic nitrogens is 2. The van der Waals surface area contributed by atoms with Crippen LogP contribution in [-0.4, -0.2) is 22.5 Å². The van der Waals surface area contributed by atoms with E-state index in [1.165, 1.54) is 6.20 Å². The van der Waals surface area contributed by atoms with Crippen LogP contribution in [0.4, 0.5) is 4.79 Å². The van der Waals surface area contributed by atoms with Crippen LogP contribution < -0.4 is 4.73 Å². The minimum Gasteiger partial charge on any atom is -0.711 e. The van der Waals surface area contributed by atoms with Gasteiger partial charge in [0.15, 0.2) is 0 Å². The molecular formula is C16H17N3O3. The Kier molecular flexibility index (Phi) is 4.18. The van der Waals surface area contributed by atoms with Gasteiger partial charge in [0, 0.05) is 12.6 Å². The lowest BCUT2D eigenvalue weighted by atomic mass is 10.2. The minimum absolute atomic E-state index is 0.225. The average Bonchev–Trinajstić information content (AvgIpc) is 3.03. The Labute approximate surface area is 128 Å². The first-order chi connectivity index (χ1) is 10.8. The number of hydrogen-bond acceptors (Lipinski definition) is 4. The number of ether oxygens (including phenoxy) is 1. The number of carbonyl (C=O) groups excluding carboxylic acids is 1. The van der Waals surface area contributed by atoms with E-state index in [0.717, 1.165) is 18.4 Å². The van der Waals surface area contributed by atoms with Crippen molar-refractivity contribution >= 4 is 6.09 Å². The van der Waals surface area contributed by atoms with Crippen LogP contribution in [0.3, 0.4) is 0 Å². The first-order valence-corrected chi connectivity index (χ1v) is 7.27. The van der Waals surface area contributed by atoms with Gasteiger partial charge < -0.3 is 9.94 Å². The van der Waals surface area contributed by atoms with Crippen molar-refractivity contribution in [1.82, 2.24) is 9.88 Å². The lowest BCUT2D eigenvalue weighted by molar-refractivity contribution is -0.620. The summed E-state index contributed by atoms with van der Waals surface area (Å²) in [6.07, 6.45) is 4.11. The third-order valence-electron chi connectivity index (χ3n) is 3.73. The zero-order valence-electron chi connectivity index (χ0n) is 12.1. The predicted octanol–water partition coefficient (Wildman–Crippen LogP) is 2.19. The molecule has 6 nitrogen and oxygen atoms in total. The van der Waals surface area contributed by atoms with Crippen molar-refractivity contribution in [1.29, 1.82) is 0 Å². The summed E-state index contributed by atoms with van der Waals surface area (Å²) >= 11 is 0.